The standard InChI is InChI=1S/C18H22N6/c1-13-4-5-16(15(3)22-13)17-7-9-21-18(23-17)20-8-6-14(2)24-11-10-19-12-24/h4-5,7,9-12,14H,6,8H2,1-3H3,(H,20,21,23)/t14-/m1/s1. The van der Waals surface area contributed by atoms with Crippen LogP contribution in [0.2, 0.25) is 0 Å². The SMILES string of the molecule is Cc1ccc(-c2ccnc(NCC[C@@H](C)n3ccnc3)n2)c(C)n1. The lowest BCUT2D eigenvalue weighted by Crippen LogP contribution is -2.11. The van der Waals surface area contributed by atoms with E-state index < -0.39 is 0 Å². The highest BCUT2D eigenvalue weighted by Gasteiger charge is 2.07. The molecule has 1 atom stereocenters. The molecule has 0 unspecified atom stereocenters. The van der Waals surface area contributed by atoms with Gasteiger partial charge in [-0.1, -0.05) is 0 Å². The Labute approximate surface area is 142 Å². The lowest BCUT2D eigenvalue weighted by Gasteiger charge is -2.13. The van der Waals surface area contributed by atoms with Crippen LogP contribution < -0.4 is 5.32 Å². The maximum atomic E-state index is 4.61. The number of pyridine rings is 1. The monoisotopic (exact) mass is 322 g/mol. The van der Waals surface area contributed by atoms with Crippen molar-refractivity contribution in [3.8, 4) is 11.3 Å². The maximum absolute atomic E-state index is 4.61. The molecule has 0 aromatic carbocycles. The molecular weight excluding hydrogens is 300 g/mol. The van der Waals surface area contributed by atoms with Gasteiger partial charge in [0.15, 0.2) is 0 Å². The van der Waals surface area contributed by atoms with Crippen LogP contribution in [-0.2, 0) is 0 Å². The van der Waals surface area contributed by atoms with Crippen LogP contribution >= 0.6 is 0 Å². The second-order valence-corrected chi connectivity index (χ2v) is 5.93. The van der Waals surface area contributed by atoms with Crippen LogP contribution in [0.15, 0.2) is 43.1 Å². The molecule has 0 saturated heterocycles. The van der Waals surface area contributed by atoms with Crippen LogP contribution in [0.1, 0.15) is 30.8 Å². The highest BCUT2D eigenvalue weighted by atomic mass is 15.1. The number of hydrogen-bond acceptors (Lipinski definition) is 5. The van der Waals surface area contributed by atoms with Crippen molar-refractivity contribution in [3.05, 3.63) is 54.5 Å². The fourth-order valence-corrected chi connectivity index (χ4v) is 2.62. The van der Waals surface area contributed by atoms with Crippen molar-refractivity contribution < 1.29 is 0 Å². The average Bonchev–Trinajstić information content (AvgIpc) is 3.09. The molecule has 0 spiro atoms. The number of aryl methyl sites for hydroxylation is 2. The molecule has 1 N–H and O–H groups in total. The summed E-state index contributed by atoms with van der Waals surface area (Å²) in [7, 11) is 0. The molecule has 3 aromatic rings. The number of imidazole rings is 1. The molecule has 0 aliphatic carbocycles. The largest absolute Gasteiger partial charge is 0.354 e. The summed E-state index contributed by atoms with van der Waals surface area (Å²) in [5.41, 5.74) is 3.92. The zero-order valence-corrected chi connectivity index (χ0v) is 14.3. The van der Waals surface area contributed by atoms with Crippen molar-refractivity contribution >= 4 is 5.95 Å². The Morgan fingerprint density at radius 1 is 1.12 bits per heavy atom. The number of hydrogen-bond donors (Lipinski definition) is 1. The molecule has 0 aliphatic rings. The molecule has 24 heavy (non-hydrogen) atoms. The molecule has 0 aliphatic heterocycles. The average molecular weight is 322 g/mol. The molecule has 124 valence electrons. The van der Waals surface area contributed by atoms with E-state index in [0.29, 0.717) is 12.0 Å². The van der Waals surface area contributed by atoms with Gasteiger partial charge in [0.2, 0.25) is 5.95 Å². The van der Waals surface area contributed by atoms with Crippen LogP contribution in [0.4, 0.5) is 5.95 Å². The second kappa shape index (κ2) is 7.21. The molecule has 3 heterocycles. The molecule has 3 aromatic heterocycles. The third-order valence-corrected chi connectivity index (χ3v) is 4.04. The summed E-state index contributed by atoms with van der Waals surface area (Å²) in [6.07, 6.45) is 8.37. The Balaban J connectivity index is 1.65. The maximum Gasteiger partial charge on any atom is 0.223 e. The van der Waals surface area contributed by atoms with Crippen molar-refractivity contribution in [2.45, 2.75) is 33.2 Å². The molecule has 0 bridgehead atoms. The lowest BCUT2D eigenvalue weighted by molar-refractivity contribution is 0.519. The minimum absolute atomic E-state index is 0.381. The summed E-state index contributed by atoms with van der Waals surface area (Å²) in [5.74, 6) is 0.644. The van der Waals surface area contributed by atoms with Gasteiger partial charge >= 0.3 is 0 Å². The van der Waals surface area contributed by atoms with Crippen molar-refractivity contribution in [3.63, 3.8) is 0 Å². The molecule has 0 fully saturated rings. The Morgan fingerprint density at radius 2 is 2.00 bits per heavy atom. The second-order valence-electron chi connectivity index (χ2n) is 5.93. The van der Waals surface area contributed by atoms with E-state index in [0.717, 1.165) is 35.6 Å². The Bertz CT molecular complexity index is 797. The van der Waals surface area contributed by atoms with Gasteiger partial charge in [0, 0.05) is 48.1 Å². The summed E-state index contributed by atoms with van der Waals surface area (Å²) in [4.78, 5) is 17.5. The lowest BCUT2D eigenvalue weighted by atomic mass is 10.1. The van der Waals surface area contributed by atoms with Crippen molar-refractivity contribution in [2.24, 2.45) is 0 Å². The fourth-order valence-electron chi connectivity index (χ4n) is 2.62. The summed E-state index contributed by atoms with van der Waals surface area (Å²) in [5, 5.41) is 3.30. The van der Waals surface area contributed by atoms with E-state index in [9.17, 15) is 0 Å². The third-order valence-electron chi connectivity index (χ3n) is 4.04. The van der Waals surface area contributed by atoms with E-state index >= 15 is 0 Å². The highest BCUT2D eigenvalue weighted by molar-refractivity contribution is 5.62. The van der Waals surface area contributed by atoms with Gasteiger partial charge in [-0.25, -0.2) is 15.0 Å². The Hall–Kier alpha value is -2.76. The molecular formula is C18H22N6. The van der Waals surface area contributed by atoms with Gasteiger partial charge < -0.3 is 9.88 Å². The quantitative estimate of drug-likeness (QED) is 0.753. The van der Waals surface area contributed by atoms with E-state index in [1.54, 1.807) is 12.4 Å². The van der Waals surface area contributed by atoms with Crippen LogP contribution in [0.3, 0.4) is 0 Å². The van der Waals surface area contributed by atoms with Gasteiger partial charge in [-0.3, -0.25) is 4.98 Å². The van der Waals surface area contributed by atoms with E-state index in [4.69, 9.17) is 0 Å². The Morgan fingerprint density at radius 3 is 2.75 bits per heavy atom. The topological polar surface area (TPSA) is 68.5 Å². The van der Waals surface area contributed by atoms with Crippen LogP contribution in [-0.4, -0.2) is 31.0 Å². The Kier molecular flexibility index (Phi) is 4.84. The number of nitrogens with one attached hydrogen (secondary N) is 1. The first-order valence-electron chi connectivity index (χ1n) is 8.12. The smallest absolute Gasteiger partial charge is 0.223 e. The molecule has 0 saturated carbocycles. The zero-order chi connectivity index (χ0) is 16.9. The molecule has 0 amide bonds. The predicted octanol–water partition coefficient (Wildman–Crippen LogP) is 3.42. The molecule has 6 heteroatoms. The van der Waals surface area contributed by atoms with Crippen LogP contribution in [0.5, 0.6) is 0 Å². The number of aromatic nitrogens is 5. The van der Waals surface area contributed by atoms with Gasteiger partial charge in [0.1, 0.15) is 0 Å². The summed E-state index contributed by atoms with van der Waals surface area (Å²) >= 11 is 0. The summed E-state index contributed by atoms with van der Waals surface area (Å²) in [6.45, 7) is 6.96. The highest BCUT2D eigenvalue weighted by Crippen LogP contribution is 2.21. The molecule has 6 nitrogen and oxygen atoms in total. The van der Waals surface area contributed by atoms with Gasteiger partial charge in [0.05, 0.1) is 12.0 Å². The molecule has 0 radical (unpaired) electrons. The normalized spacial score (nSPS) is 12.1. The predicted molar refractivity (Wildman–Crippen MR) is 94.8 cm³/mol. The van der Waals surface area contributed by atoms with Crippen LogP contribution in [0, 0.1) is 13.8 Å². The fraction of sp³-hybridized carbons (Fsp3) is 0.333. The van der Waals surface area contributed by atoms with E-state index in [1.807, 2.05) is 38.5 Å². The first kappa shape index (κ1) is 16.1. The van der Waals surface area contributed by atoms with Crippen molar-refractivity contribution in [1.82, 2.24) is 24.5 Å². The summed E-state index contributed by atoms with van der Waals surface area (Å²) in [6, 6.07) is 6.36. The van der Waals surface area contributed by atoms with Gasteiger partial charge in [-0.15, -0.1) is 0 Å². The zero-order valence-electron chi connectivity index (χ0n) is 14.3. The molecule has 3 rings (SSSR count). The first-order chi connectivity index (χ1) is 11.6. The van der Waals surface area contributed by atoms with E-state index in [-0.39, 0.29) is 0 Å². The van der Waals surface area contributed by atoms with Gasteiger partial charge in [-0.2, -0.15) is 0 Å². The first-order valence-corrected chi connectivity index (χ1v) is 8.12. The van der Waals surface area contributed by atoms with Gasteiger partial charge in [0.25, 0.3) is 0 Å². The van der Waals surface area contributed by atoms with E-state index in [1.165, 1.54) is 0 Å². The minimum atomic E-state index is 0.381. The number of rotatable bonds is 6. The third kappa shape index (κ3) is 3.76. The van der Waals surface area contributed by atoms with E-state index in [2.05, 4.69) is 42.8 Å². The number of anilines is 1. The van der Waals surface area contributed by atoms with Crippen molar-refractivity contribution in [1.29, 1.82) is 0 Å². The van der Waals surface area contributed by atoms with Crippen molar-refractivity contribution in [2.75, 3.05) is 11.9 Å². The number of nitrogens with zero attached hydrogens (tertiary/aromatic N) is 5. The minimum Gasteiger partial charge on any atom is -0.354 e. The van der Waals surface area contributed by atoms with Crippen LogP contribution in [0.25, 0.3) is 11.3 Å². The summed E-state index contributed by atoms with van der Waals surface area (Å²) < 4.78 is 2.10. The van der Waals surface area contributed by atoms with Gasteiger partial charge in [-0.05, 0) is 45.4 Å².